The zero-order valence-corrected chi connectivity index (χ0v) is 21.3. The van der Waals surface area contributed by atoms with Crippen molar-refractivity contribution >= 4 is 44.6 Å². The number of carboxylic acid groups (broad SMARTS) is 1. The predicted octanol–water partition coefficient (Wildman–Crippen LogP) is 7.45. The van der Waals surface area contributed by atoms with Crippen LogP contribution in [0.4, 0.5) is 0 Å². The van der Waals surface area contributed by atoms with Crippen molar-refractivity contribution < 1.29 is 14.7 Å². The number of benzene rings is 1. The highest BCUT2D eigenvalue weighted by Gasteiger charge is 2.29. The summed E-state index contributed by atoms with van der Waals surface area (Å²) in [4.78, 5) is 30.2. The van der Waals surface area contributed by atoms with Crippen molar-refractivity contribution in [3.8, 4) is 21.7 Å². The number of thiophene rings is 1. The van der Waals surface area contributed by atoms with Crippen LogP contribution >= 0.6 is 22.7 Å². The fraction of sp³-hybridized carbons (Fsp3) is 0.370. The summed E-state index contributed by atoms with van der Waals surface area (Å²) in [5.74, 6) is -0.471. The number of carboxylic acids is 1. The molecule has 3 aromatic heterocycles. The van der Waals surface area contributed by atoms with Gasteiger partial charge in [0, 0.05) is 0 Å². The molecule has 1 aliphatic carbocycles. The van der Waals surface area contributed by atoms with Crippen molar-refractivity contribution in [2.45, 2.75) is 65.3 Å². The average Bonchev–Trinajstić information content (AvgIpc) is 3.47. The number of hydrogen-bond donors (Lipinski definition) is 1. The molecule has 176 valence electrons. The third-order valence-corrected chi connectivity index (χ3v) is 8.97. The van der Waals surface area contributed by atoms with Crippen LogP contribution in [0.1, 0.15) is 70.9 Å². The van der Waals surface area contributed by atoms with Crippen LogP contribution in [-0.4, -0.2) is 26.4 Å². The van der Waals surface area contributed by atoms with E-state index in [1.165, 1.54) is 41.0 Å². The maximum Gasteiger partial charge on any atom is 0.345 e. The Bertz CT molecular complexity index is 1390. The minimum Gasteiger partial charge on any atom is -0.477 e. The number of aromatic nitrogens is 2. The molecule has 1 fully saturated rings. The number of Topliss-reactive ketones (excluding diaryl/α,β-unsaturated/α-hetero) is 1. The molecule has 0 amide bonds. The number of carbonyl (C=O) groups is 2. The first-order valence-electron chi connectivity index (χ1n) is 11.8. The van der Waals surface area contributed by atoms with E-state index in [1.54, 1.807) is 24.3 Å². The number of aryl methyl sites for hydroxylation is 2. The second kappa shape index (κ2) is 9.12. The third kappa shape index (κ3) is 4.12. The van der Waals surface area contributed by atoms with Gasteiger partial charge in [-0.15, -0.1) is 22.7 Å². The lowest BCUT2D eigenvalue weighted by atomic mass is 9.83. The van der Waals surface area contributed by atoms with E-state index < -0.39 is 5.97 Å². The van der Waals surface area contributed by atoms with Crippen LogP contribution in [0.25, 0.3) is 31.9 Å². The first-order valence-corrected chi connectivity index (χ1v) is 13.4. The first kappa shape index (κ1) is 23.0. The lowest BCUT2D eigenvalue weighted by Crippen LogP contribution is -2.10. The van der Waals surface area contributed by atoms with Crippen LogP contribution in [0.3, 0.4) is 0 Å². The number of aromatic carboxylic acids is 1. The molecule has 1 N–H and O–H groups in total. The highest BCUT2D eigenvalue weighted by molar-refractivity contribution is 7.21. The molecule has 0 aliphatic heterocycles. The minimum absolute atomic E-state index is 0.0591. The van der Waals surface area contributed by atoms with E-state index in [-0.39, 0.29) is 12.3 Å². The number of rotatable bonds is 6. The van der Waals surface area contributed by atoms with Crippen molar-refractivity contribution in [2.75, 3.05) is 0 Å². The third-order valence-electron chi connectivity index (χ3n) is 6.70. The van der Waals surface area contributed by atoms with E-state index in [0.29, 0.717) is 10.8 Å². The zero-order chi connectivity index (χ0) is 24.0. The minimum atomic E-state index is -0.911. The Hall–Kier alpha value is -2.77. The Labute approximate surface area is 207 Å². The molecule has 34 heavy (non-hydrogen) atoms. The lowest BCUT2D eigenvalue weighted by Gasteiger charge is -2.23. The van der Waals surface area contributed by atoms with E-state index in [2.05, 4.69) is 33.8 Å². The Morgan fingerprint density at radius 3 is 2.32 bits per heavy atom. The summed E-state index contributed by atoms with van der Waals surface area (Å²) in [6, 6.07) is 10.3. The van der Waals surface area contributed by atoms with E-state index in [9.17, 15) is 14.7 Å². The summed E-state index contributed by atoms with van der Waals surface area (Å²) in [6.07, 6.45) is 5.82. The molecule has 1 saturated carbocycles. The van der Waals surface area contributed by atoms with Crippen molar-refractivity contribution in [3.05, 3.63) is 51.5 Å². The number of ketones is 1. The lowest BCUT2D eigenvalue weighted by molar-refractivity contribution is -0.117. The highest BCUT2D eigenvalue weighted by atomic mass is 32.1. The van der Waals surface area contributed by atoms with Crippen molar-refractivity contribution in [1.82, 2.24) is 9.55 Å². The van der Waals surface area contributed by atoms with Crippen LogP contribution in [-0.2, 0) is 11.3 Å². The Morgan fingerprint density at radius 1 is 1.06 bits per heavy atom. The van der Waals surface area contributed by atoms with Crippen LogP contribution in [0.5, 0.6) is 0 Å². The molecule has 1 aliphatic rings. The zero-order valence-electron chi connectivity index (χ0n) is 19.7. The van der Waals surface area contributed by atoms with Gasteiger partial charge in [-0.2, -0.15) is 0 Å². The van der Waals surface area contributed by atoms with Crippen molar-refractivity contribution in [1.29, 1.82) is 0 Å². The maximum atomic E-state index is 12.3. The van der Waals surface area contributed by atoms with Crippen LogP contribution < -0.4 is 0 Å². The predicted molar refractivity (Wildman–Crippen MR) is 139 cm³/mol. The van der Waals surface area contributed by atoms with Crippen LogP contribution in [0, 0.1) is 13.8 Å². The van der Waals surface area contributed by atoms with E-state index >= 15 is 0 Å². The van der Waals surface area contributed by atoms with E-state index in [1.807, 2.05) is 13.8 Å². The molecule has 0 unspecified atom stereocenters. The van der Waals surface area contributed by atoms with Gasteiger partial charge < -0.3 is 9.67 Å². The SMILES string of the molecule is CC(=O)Cn1c(-c2ccc(-c3sc(C)nc3C)cc2)c(C2CCCCC2)c2sc(C(=O)O)cc21. The summed E-state index contributed by atoms with van der Waals surface area (Å²) in [7, 11) is 0. The maximum absolute atomic E-state index is 12.3. The van der Waals surface area contributed by atoms with Crippen molar-refractivity contribution in [2.24, 2.45) is 0 Å². The molecule has 3 heterocycles. The van der Waals surface area contributed by atoms with Gasteiger partial charge in [0.2, 0.25) is 0 Å². The van der Waals surface area contributed by atoms with E-state index in [4.69, 9.17) is 0 Å². The number of carbonyl (C=O) groups excluding carboxylic acids is 1. The summed E-state index contributed by atoms with van der Waals surface area (Å²) in [6.45, 7) is 5.90. The molecule has 7 heteroatoms. The molecule has 0 atom stereocenters. The quantitative estimate of drug-likeness (QED) is 0.303. The molecule has 5 nitrogen and oxygen atoms in total. The molecule has 0 saturated heterocycles. The van der Waals surface area contributed by atoms with Gasteiger partial charge in [-0.25, -0.2) is 9.78 Å². The molecule has 1 aromatic carbocycles. The van der Waals surface area contributed by atoms with E-state index in [0.717, 1.165) is 50.6 Å². The van der Waals surface area contributed by atoms with Gasteiger partial charge in [-0.05, 0) is 62.3 Å². The van der Waals surface area contributed by atoms with Crippen molar-refractivity contribution in [3.63, 3.8) is 0 Å². The summed E-state index contributed by atoms with van der Waals surface area (Å²) in [5, 5.41) is 10.7. The Balaban J connectivity index is 1.71. The molecular formula is C27H28N2O3S2. The second-order valence-electron chi connectivity index (χ2n) is 9.24. The molecular weight excluding hydrogens is 464 g/mol. The topological polar surface area (TPSA) is 72.2 Å². The second-order valence-corrected chi connectivity index (χ2v) is 11.5. The molecule has 0 spiro atoms. The van der Waals surface area contributed by atoms with Gasteiger partial charge >= 0.3 is 5.97 Å². The molecule has 0 bridgehead atoms. The van der Waals surface area contributed by atoms with Crippen LogP contribution in [0.2, 0.25) is 0 Å². The fourth-order valence-electron chi connectivity index (χ4n) is 5.30. The summed E-state index contributed by atoms with van der Waals surface area (Å²) >= 11 is 3.05. The number of thiazole rings is 1. The standard InChI is InChI=1S/C27H28N2O3S2/c1-15(30)14-29-21-13-22(27(31)32)34-26(21)23(18-7-5-4-6-8-18)24(29)19-9-11-20(12-10-19)25-16(2)28-17(3)33-25/h9-13,18H,4-8,14H2,1-3H3,(H,31,32). The summed E-state index contributed by atoms with van der Waals surface area (Å²) < 4.78 is 3.08. The van der Waals surface area contributed by atoms with Gasteiger partial charge in [0.25, 0.3) is 0 Å². The van der Waals surface area contributed by atoms with Gasteiger partial charge in [-0.3, -0.25) is 4.79 Å². The molecule has 5 rings (SSSR count). The summed E-state index contributed by atoms with van der Waals surface area (Å²) in [5.41, 5.74) is 6.43. The smallest absolute Gasteiger partial charge is 0.345 e. The average molecular weight is 493 g/mol. The number of fused-ring (bicyclic) bond motifs is 1. The molecule has 4 aromatic rings. The van der Waals surface area contributed by atoms with Gasteiger partial charge in [0.15, 0.2) is 0 Å². The monoisotopic (exact) mass is 492 g/mol. The number of hydrogen-bond acceptors (Lipinski definition) is 5. The van der Waals surface area contributed by atoms with Crippen LogP contribution in [0.15, 0.2) is 30.3 Å². The molecule has 0 radical (unpaired) electrons. The van der Waals surface area contributed by atoms with Gasteiger partial charge in [-0.1, -0.05) is 43.5 Å². The van der Waals surface area contributed by atoms with Gasteiger partial charge in [0.1, 0.15) is 10.7 Å². The Kier molecular flexibility index (Phi) is 6.16. The normalized spacial score (nSPS) is 14.7. The largest absolute Gasteiger partial charge is 0.477 e. The van der Waals surface area contributed by atoms with Gasteiger partial charge in [0.05, 0.1) is 38.0 Å². The number of nitrogens with zero attached hydrogens (tertiary/aromatic N) is 2. The fourth-order valence-corrected chi connectivity index (χ4v) is 7.35. The Morgan fingerprint density at radius 2 is 1.74 bits per heavy atom. The first-order chi connectivity index (χ1) is 16.3. The highest BCUT2D eigenvalue weighted by Crippen LogP contribution is 2.47.